The van der Waals surface area contributed by atoms with E-state index in [1.807, 2.05) is 7.11 Å². The first-order valence-corrected chi connectivity index (χ1v) is 22.5. The van der Waals surface area contributed by atoms with E-state index in [0.29, 0.717) is 59.6 Å². The quantitative estimate of drug-likeness (QED) is 0.187. The molecule has 0 radical (unpaired) electrons. The van der Waals surface area contributed by atoms with Crippen LogP contribution in [0.4, 0.5) is 0 Å². The van der Waals surface area contributed by atoms with E-state index in [2.05, 4.69) is 55.7 Å². The zero-order chi connectivity index (χ0) is 39.2. The summed E-state index contributed by atoms with van der Waals surface area (Å²) in [5.74, 6) is 3.37. The number of aliphatic hydroxyl groups is 2. The first-order chi connectivity index (χ1) is 26.3. The van der Waals surface area contributed by atoms with Crippen LogP contribution in [0.15, 0.2) is 0 Å². The molecule has 17 atom stereocenters. The van der Waals surface area contributed by atoms with Crippen molar-refractivity contribution < 1.29 is 29.4 Å². The molecule has 2 bridgehead atoms. The minimum Gasteiger partial charge on any atom is -0.394 e. The number of ether oxygens (including phenoxy) is 1. The van der Waals surface area contributed by atoms with E-state index in [-0.39, 0.29) is 42.4 Å². The van der Waals surface area contributed by atoms with Gasteiger partial charge in [0.05, 0.1) is 18.8 Å². The molecule has 6 aliphatic carbocycles. The van der Waals surface area contributed by atoms with Crippen molar-refractivity contribution in [1.29, 1.82) is 0 Å². The average Bonchev–Trinajstić information content (AvgIpc) is 3.76. The summed E-state index contributed by atoms with van der Waals surface area (Å²) in [6, 6.07) is 0.422. The predicted octanol–water partition coefficient (Wildman–Crippen LogP) is 4.21. The number of nitrogens with one attached hydrogen (secondary N) is 3. The molecule has 2 aliphatic heterocycles. The maximum absolute atomic E-state index is 14.3. The standard InChI is InChI=1S/C44H77N5O6/c1-25-35-20-31(44(35,3)4)21-37(25)47-43(53)40-39(26(2)51)38(24-50)55-49(40)23-28-11-10-13-34(41(28)54-7)29-17-30(19-32(18-29)48(5)6)42(52)45-16-15-27-22-46-36-14-9-8-12-33(27)36/h25-41,46,50-51H,8-24H2,1-7H3,(H,45,52)(H,47,53)/t25-,26-,27?,28?,29?,30?,31+,32?,33?,34?,35-,36?,37-,38-,39+,40-,41?/m0/s1. The van der Waals surface area contributed by atoms with Crippen molar-refractivity contribution in [2.75, 3.05) is 47.4 Å². The second-order valence-electron chi connectivity index (χ2n) is 20.4. The van der Waals surface area contributed by atoms with Crippen LogP contribution < -0.4 is 16.0 Å². The van der Waals surface area contributed by atoms with Crippen LogP contribution in [-0.2, 0) is 19.2 Å². The van der Waals surface area contributed by atoms with Crippen molar-refractivity contribution >= 4 is 11.8 Å². The van der Waals surface area contributed by atoms with Crippen molar-refractivity contribution in [3.05, 3.63) is 0 Å². The number of carbonyl (C=O) groups excluding carboxylic acids is 2. The monoisotopic (exact) mass is 772 g/mol. The van der Waals surface area contributed by atoms with Gasteiger partial charge in [-0.3, -0.25) is 14.4 Å². The Balaban J connectivity index is 1.01. The van der Waals surface area contributed by atoms with Crippen molar-refractivity contribution in [3.63, 3.8) is 0 Å². The second-order valence-corrected chi connectivity index (χ2v) is 20.4. The van der Waals surface area contributed by atoms with Crippen LogP contribution in [0.2, 0.25) is 0 Å². The summed E-state index contributed by atoms with van der Waals surface area (Å²) >= 11 is 0. The molecule has 11 nitrogen and oxygen atoms in total. The Morgan fingerprint density at radius 1 is 1.00 bits per heavy atom. The molecule has 6 saturated carbocycles. The van der Waals surface area contributed by atoms with E-state index in [1.54, 1.807) is 12.0 Å². The third-order valence-electron chi connectivity index (χ3n) is 17.1. The maximum Gasteiger partial charge on any atom is 0.240 e. The van der Waals surface area contributed by atoms with Crippen LogP contribution in [0, 0.1) is 64.6 Å². The van der Waals surface area contributed by atoms with Gasteiger partial charge in [0.1, 0.15) is 12.1 Å². The lowest BCUT2D eigenvalue weighted by Gasteiger charge is -2.62. The number of hydroxylamine groups is 2. The molecule has 2 saturated heterocycles. The molecular formula is C44H77N5O6. The molecule has 11 heteroatoms. The van der Waals surface area contributed by atoms with Gasteiger partial charge in [0.25, 0.3) is 0 Å². The number of amides is 2. The molecule has 314 valence electrons. The molecule has 8 rings (SSSR count). The van der Waals surface area contributed by atoms with Crippen LogP contribution in [0.3, 0.4) is 0 Å². The fourth-order valence-electron chi connectivity index (χ4n) is 13.7. The molecule has 9 unspecified atom stereocenters. The summed E-state index contributed by atoms with van der Waals surface area (Å²) in [6.45, 7) is 10.8. The van der Waals surface area contributed by atoms with Gasteiger partial charge in [-0.1, -0.05) is 40.0 Å². The highest BCUT2D eigenvalue weighted by Gasteiger charge is 2.58. The van der Waals surface area contributed by atoms with E-state index >= 15 is 0 Å². The number of nitrogens with zero attached hydrogens (tertiary/aromatic N) is 2. The third kappa shape index (κ3) is 8.42. The molecule has 0 spiro atoms. The molecule has 0 aromatic rings. The van der Waals surface area contributed by atoms with Crippen molar-refractivity contribution in [2.24, 2.45) is 64.6 Å². The second kappa shape index (κ2) is 17.5. The lowest BCUT2D eigenvalue weighted by Crippen LogP contribution is -2.62. The first kappa shape index (κ1) is 41.8. The van der Waals surface area contributed by atoms with E-state index in [9.17, 15) is 19.8 Å². The highest BCUT2D eigenvalue weighted by atomic mass is 16.7. The molecule has 8 fully saturated rings. The normalized spacial score (nSPS) is 44.8. The number of carbonyl (C=O) groups is 2. The molecule has 2 amide bonds. The smallest absolute Gasteiger partial charge is 0.240 e. The van der Waals surface area contributed by atoms with Gasteiger partial charge in [-0.05, 0) is 139 Å². The van der Waals surface area contributed by atoms with Crippen LogP contribution in [-0.4, -0.2) is 122 Å². The minimum absolute atomic E-state index is 0.0148. The molecule has 55 heavy (non-hydrogen) atoms. The van der Waals surface area contributed by atoms with E-state index < -0.39 is 24.2 Å². The summed E-state index contributed by atoms with van der Waals surface area (Å²) in [5, 5.41) is 33.8. The minimum atomic E-state index is -0.821. The van der Waals surface area contributed by atoms with Gasteiger partial charge in [-0.15, -0.1) is 0 Å². The van der Waals surface area contributed by atoms with Crippen molar-refractivity contribution in [2.45, 2.75) is 154 Å². The summed E-state index contributed by atoms with van der Waals surface area (Å²) in [7, 11) is 6.12. The number of methoxy groups -OCH3 is 1. The Kier molecular flexibility index (Phi) is 13.3. The summed E-state index contributed by atoms with van der Waals surface area (Å²) in [5.41, 5.74) is 0.320. The van der Waals surface area contributed by atoms with Gasteiger partial charge in [0.2, 0.25) is 11.8 Å². The van der Waals surface area contributed by atoms with Gasteiger partial charge in [-0.2, -0.15) is 5.06 Å². The zero-order valence-corrected chi connectivity index (χ0v) is 35.3. The van der Waals surface area contributed by atoms with Gasteiger partial charge in [0, 0.05) is 56.1 Å². The van der Waals surface area contributed by atoms with Gasteiger partial charge in [0.15, 0.2) is 0 Å². The lowest BCUT2D eigenvalue weighted by molar-refractivity contribution is -0.193. The number of fused-ring (bicyclic) bond motifs is 3. The van der Waals surface area contributed by atoms with E-state index in [1.165, 1.54) is 32.1 Å². The van der Waals surface area contributed by atoms with Crippen molar-refractivity contribution in [3.8, 4) is 0 Å². The molecule has 2 heterocycles. The summed E-state index contributed by atoms with van der Waals surface area (Å²) < 4.78 is 6.43. The van der Waals surface area contributed by atoms with Crippen molar-refractivity contribution in [1.82, 2.24) is 25.9 Å². The fraction of sp³-hybridized carbons (Fsp3) is 0.955. The third-order valence-corrected chi connectivity index (χ3v) is 17.1. The Bertz CT molecular complexity index is 1320. The molecule has 8 aliphatic rings. The Morgan fingerprint density at radius 3 is 2.45 bits per heavy atom. The largest absolute Gasteiger partial charge is 0.394 e. The first-order valence-electron chi connectivity index (χ1n) is 22.5. The van der Waals surface area contributed by atoms with Gasteiger partial charge < -0.3 is 35.8 Å². The summed E-state index contributed by atoms with van der Waals surface area (Å²) in [4.78, 5) is 36.9. The molecule has 0 aromatic heterocycles. The van der Waals surface area contributed by atoms with Crippen LogP contribution in [0.5, 0.6) is 0 Å². The van der Waals surface area contributed by atoms with Gasteiger partial charge in [-0.25, -0.2) is 0 Å². The highest BCUT2D eigenvalue weighted by Crippen LogP contribution is 2.61. The molecule has 5 N–H and O–H groups in total. The Labute approximate surface area is 332 Å². The Hall–Kier alpha value is -1.34. The topological polar surface area (TPSA) is 136 Å². The maximum atomic E-state index is 14.3. The zero-order valence-electron chi connectivity index (χ0n) is 35.3. The highest BCUT2D eigenvalue weighted by molar-refractivity contribution is 5.83. The summed E-state index contributed by atoms with van der Waals surface area (Å²) in [6.07, 6.45) is 13.0. The molecule has 0 aromatic carbocycles. The number of hydrogen-bond acceptors (Lipinski definition) is 9. The molecular weight excluding hydrogens is 695 g/mol. The van der Waals surface area contributed by atoms with Crippen LogP contribution in [0.25, 0.3) is 0 Å². The average molecular weight is 772 g/mol. The van der Waals surface area contributed by atoms with Crippen LogP contribution >= 0.6 is 0 Å². The fourth-order valence-corrected chi connectivity index (χ4v) is 13.7. The number of hydrogen-bond donors (Lipinski definition) is 5. The Morgan fingerprint density at radius 2 is 1.76 bits per heavy atom. The predicted molar refractivity (Wildman–Crippen MR) is 214 cm³/mol. The van der Waals surface area contributed by atoms with Gasteiger partial charge >= 0.3 is 0 Å². The SMILES string of the molecule is COC1C(CN2O[C@@H](CO)[C@@H]([C@H](C)O)[C@H]2C(=O)N[C@H]2C[C@H]3C[C@@H]([C@@H]2C)C3(C)C)CCCC1C1CC(C(=O)NCCC2CNC3CCCCC23)CC(N(C)C)C1. The van der Waals surface area contributed by atoms with E-state index in [4.69, 9.17) is 9.57 Å². The van der Waals surface area contributed by atoms with Crippen LogP contribution in [0.1, 0.15) is 111 Å². The van der Waals surface area contributed by atoms with E-state index in [0.717, 1.165) is 70.4 Å². The number of aliphatic hydroxyl groups excluding tert-OH is 2. The lowest BCUT2D eigenvalue weighted by atomic mass is 9.45. The number of rotatable bonds is 13.